The summed E-state index contributed by atoms with van der Waals surface area (Å²) in [5.74, 6) is 0.683. The summed E-state index contributed by atoms with van der Waals surface area (Å²) in [6.07, 6.45) is 5.05. The fraction of sp³-hybridized carbons (Fsp3) is 0.280. The van der Waals surface area contributed by atoms with E-state index in [4.69, 9.17) is 4.74 Å². The van der Waals surface area contributed by atoms with Crippen molar-refractivity contribution in [1.82, 2.24) is 0 Å². The van der Waals surface area contributed by atoms with Crippen LogP contribution in [0.5, 0.6) is 0 Å². The van der Waals surface area contributed by atoms with E-state index in [9.17, 15) is 0 Å². The van der Waals surface area contributed by atoms with Gasteiger partial charge in [0.05, 0.1) is 6.10 Å². The van der Waals surface area contributed by atoms with E-state index in [1.165, 1.54) is 29.5 Å². The molecule has 0 aliphatic heterocycles. The van der Waals surface area contributed by atoms with E-state index in [-0.39, 0.29) is 6.10 Å². The van der Waals surface area contributed by atoms with Crippen LogP contribution in [0.3, 0.4) is 0 Å². The first-order chi connectivity index (χ1) is 12.9. The molecule has 0 N–H and O–H groups in total. The lowest BCUT2D eigenvalue weighted by Gasteiger charge is -2.32. The van der Waals surface area contributed by atoms with Crippen molar-refractivity contribution in [2.24, 2.45) is 0 Å². The standard InChI is InChI=1S/C25H26O/c1-4-10-20(11-5-1)21-16-18-24(19-17-21)26-25(22-12-6-2-7-13-22)23-14-8-3-9-15-23/h1-15,21,24-25H,16-19H2. The quantitative estimate of drug-likeness (QED) is 0.513. The van der Waals surface area contributed by atoms with Gasteiger partial charge in [-0.2, -0.15) is 0 Å². The van der Waals surface area contributed by atoms with Gasteiger partial charge >= 0.3 is 0 Å². The van der Waals surface area contributed by atoms with Crippen LogP contribution >= 0.6 is 0 Å². The summed E-state index contributed by atoms with van der Waals surface area (Å²) in [5, 5.41) is 0. The lowest BCUT2D eigenvalue weighted by Crippen LogP contribution is -2.23. The van der Waals surface area contributed by atoms with Crippen molar-refractivity contribution in [3.8, 4) is 0 Å². The molecule has 3 aromatic carbocycles. The summed E-state index contributed by atoms with van der Waals surface area (Å²) in [6, 6.07) is 32.2. The molecular weight excluding hydrogens is 316 g/mol. The molecule has 0 unspecified atom stereocenters. The molecule has 0 heterocycles. The van der Waals surface area contributed by atoms with Gasteiger partial charge in [-0.05, 0) is 48.3 Å². The summed E-state index contributed by atoms with van der Waals surface area (Å²) in [4.78, 5) is 0. The summed E-state index contributed by atoms with van der Waals surface area (Å²) in [7, 11) is 0. The van der Waals surface area contributed by atoms with E-state index in [1.54, 1.807) is 0 Å². The van der Waals surface area contributed by atoms with Crippen molar-refractivity contribution >= 4 is 0 Å². The SMILES string of the molecule is c1ccc(C2CCC(OC(c3ccccc3)c3ccccc3)CC2)cc1. The molecule has 0 aromatic heterocycles. The fourth-order valence-electron chi connectivity index (χ4n) is 4.06. The van der Waals surface area contributed by atoms with Gasteiger partial charge in [0, 0.05) is 0 Å². The third kappa shape index (κ3) is 4.05. The average Bonchev–Trinajstić information content (AvgIpc) is 2.74. The molecule has 0 atom stereocenters. The molecule has 0 radical (unpaired) electrons. The van der Waals surface area contributed by atoms with Crippen molar-refractivity contribution in [2.75, 3.05) is 0 Å². The van der Waals surface area contributed by atoms with Crippen LogP contribution in [0.1, 0.15) is 54.4 Å². The maximum atomic E-state index is 6.65. The molecular formula is C25H26O. The zero-order valence-corrected chi connectivity index (χ0v) is 15.1. The van der Waals surface area contributed by atoms with Crippen molar-refractivity contribution in [2.45, 2.75) is 43.8 Å². The van der Waals surface area contributed by atoms with E-state index >= 15 is 0 Å². The van der Waals surface area contributed by atoms with Gasteiger partial charge < -0.3 is 4.74 Å². The molecule has 1 heteroatoms. The Bertz CT molecular complexity index is 735. The minimum atomic E-state index is 0.0238. The van der Waals surface area contributed by atoms with Gasteiger partial charge in [0.25, 0.3) is 0 Å². The number of rotatable bonds is 5. The molecule has 3 aromatic rings. The highest BCUT2D eigenvalue weighted by Gasteiger charge is 2.26. The van der Waals surface area contributed by atoms with Crippen LogP contribution in [0, 0.1) is 0 Å². The molecule has 0 bridgehead atoms. The van der Waals surface area contributed by atoms with Crippen LogP contribution in [0.2, 0.25) is 0 Å². The Balaban J connectivity index is 1.46. The number of benzene rings is 3. The van der Waals surface area contributed by atoms with Crippen LogP contribution in [0.25, 0.3) is 0 Å². The number of ether oxygens (including phenoxy) is 1. The number of hydrogen-bond acceptors (Lipinski definition) is 1. The van der Waals surface area contributed by atoms with Crippen molar-refractivity contribution < 1.29 is 4.74 Å². The van der Waals surface area contributed by atoms with Crippen LogP contribution in [-0.2, 0) is 4.74 Å². The highest BCUT2D eigenvalue weighted by molar-refractivity contribution is 5.30. The maximum Gasteiger partial charge on any atom is 0.108 e. The Labute approximate surface area is 156 Å². The lowest BCUT2D eigenvalue weighted by atomic mass is 9.82. The third-order valence-corrected chi connectivity index (χ3v) is 5.48. The minimum Gasteiger partial charge on any atom is -0.366 e. The molecule has 132 valence electrons. The Morgan fingerprint density at radius 1 is 0.577 bits per heavy atom. The Kier molecular flexibility index (Phi) is 5.47. The fourth-order valence-corrected chi connectivity index (χ4v) is 4.06. The molecule has 1 fully saturated rings. The molecule has 4 rings (SSSR count). The number of hydrogen-bond donors (Lipinski definition) is 0. The summed E-state index contributed by atoms with van der Waals surface area (Å²) >= 11 is 0. The Hall–Kier alpha value is -2.38. The first-order valence-electron chi connectivity index (χ1n) is 9.70. The largest absolute Gasteiger partial charge is 0.366 e. The van der Waals surface area contributed by atoms with Crippen LogP contribution < -0.4 is 0 Å². The highest BCUT2D eigenvalue weighted by Crippen LogP contribution is 2.37. The van der Waals surface area contributed by atoms with E-state index in [2.05, 4.69) is 91.0 Å². The molecule has 0 amide bonds. The maximum absolute atomic E-state index is 6.65. The zero-order chi connectivity index (χ0) is 17.6. The van der Waals surface area contributed by atoms with Gasteiger partial charge in [-0.15, -0.1) is 0 Å². The normalized spacial score (nSPS) is 20.2. The van der Waals surface area contributed by atoms with Gasteiger partial charge in [0.1, 0.15) is 6.10 Å². The van der Waals surface area contributed by atoms with Crippen molar-refractivity contribution in [3.63, 3.8) is 0 Å². The summed E-state index contributed by atoms with van der Waals surface area (Å²) < 4.78 is 6.65. The second-order valence-corrected chi connectivity index (χ2v) is 7.22. The van der Waals surface area contributed by atoms with E-state index < -0.39 is 0 Å². The molecule has 1 nitrogen and oxygen atoms in total. The van der Waals surface area contributed by atoms with Gasteiger partial charge in [-0.25, -0.2) is 0 Å². The average molecular weight is 342 g/mol. The van der Waals surface area contributed by atoms with Gasteiger partial charge in [0.2, 0.25) is 0 Å². The second-order valence-electron chi connectivity index (χ2n) is 7.22. The Morgan fingerprint density at radius 3 is 1.54 bits per heavy atom. The van der Waals surface area contributed by atoms with E-state index in [0.29, 0.717) is 12.0 Å². The highest BCUT2D eigenvalue weighted by atomic mass is 16.5. The molecule has 1 aliphatic rings. The smallest absolute Gasteiger partial charge is 0.108 e. The molecule has 26 heavy (non-hydrogen) atoms. The van der Waals surface area contributed by atoms with E-state index in [0.717, 1.165) is 12.8 Å². The first kappa shape index (κ1) is 17.1. The van der Waals surface area contributed by atoms with E-state index in [1.807, 2.05) is 0 Å². The predicted octanol–water partition coefficient (Wildman–Crippen LogP) is 6.52. The Morgan fingerprint density at radius 2 is 1.04 bits per heavy atom. The monoisotopic (exact) mass is 342 g/mol. The molecule has 1 saturated carbocycles. The third-order valence-electron chi connectivity index (χ3n) is 5.48. The topological polar surface area (TPSA) is 9.23 Å². The molecule has 1 aliphatic carbocycles. The molecule has 0 saturated heterocycles. The minimum absolute atomic E-state index is 0.0238. The van der Waals surface area contributed by atoms with Crippen molar-refractivity contribution in [1.29, 1.82) is 0 Å². The van der Waals surface area contributed by atoms with Crippen molar-refractivity contribution in [3.05, 3.63) is 108 Å². The zero-order valence-electron chi connectivity index (χ0n) is 15.1. The van der Waals surface area contributed by atoms with Crippen LogP contribution in [-0.4, -0.2) is 6.10 Å². The predicted molar refractivity (Wildman–Crippen MR) is 107 cm³/mol. The molecule has 0 spiro atoms. The van der Waals surface area contributed by atoms with Crippen LogP contribution in [0.15, 0.2) is 91.0 Å². The van der Waals surface area contributed by atoms with Crippen LogP contribution in [0.4, 0.5) is 0 Å². The lowest BCUT2D eigenvalue weighted by molar-refractivity contribution is -0.0147. The summed E-state index contributed by atoms with van der Waals surface area (Å²) in [6.45, 7) is 0. The van der Waals surface area contributed by atoms with Gasteiger partial charge in [-0.1, -0.05) is 91.0 Å². The summed E-state index contributed by atoms with van der Waals surface area (Å²) in [5.41, 5.74) is 3.96. The van der Waals surface area contributed by atoms with Gasteiger partial charge in [-0.3, -0.25) is 0 Å². The van der Waals surface area contributed by atoms with Gasteiger partial charge in [0.15, 0.2) is 0 Å². The second kappa shape index (κ2) is 8.33. The first-order valence-corrected chi connectivity index (χ1v) is 9.70.